The molecular formula is C18H20N4O3. The molecule has 3 rings (SSSR count). The van der Waals surface area contributed by atoms with Crippen LogP contribution in [-0.2, 0) is 13.6 Å². The van der Waals surface area contributed by atoms with Crippen molar-refractivity contribution in [2.45, 2.75) is 20.4 Å². The van der Waals surface area contributed by atoms with Crippen molar-refractivity contribution >= 4 is 5.91 Å². The number of ether oxygens (including phenoxy) is 1. The first-order valence-electron chi connectivity index (χ1n) is 7.87. The van der Waals surface area contributed by atoms with Crippen molar-refractivity contribution in [1.82, 2.24) is 20.3 Å². The quantitative estimate of drug-likeness (QED) is 0.772. The van der Waals surface area contributed by atoms with Crippen molar-refractivity contribution in [2.24, 2.45) is 7.05 Å². The summed E-state index contributed by atoms with van der Waals surface area (Å²) in [4.78, 5) is 12.7. The molecule has 0 saturated carbocycles. The highest BCUT2D eigenvalue weighted by molar-refractivity contribution is 6.00. The minimum Gasteiger partial charge on any atom is -0.497 e. The summed E-state index contributed by atoms with van der Waals surface area (Å²) in [7, 11) is 3.44. The third-order valence-corrected chi connectivity index (χ3v) is 3.95. The van der Waals surface area contributed by atoms with E-state index in [1.165, 1.54) is 0 Å². The van der Waals surface area contributed by atoms with E-state index in [2.05, 4.69) is 15.6 Å². The Labute approximate surface area is 145 Å². The topological polar surface area (TPSA) is 82.2 Å². The highest BCUT2D eigenvalue weighted by Gasteiger charge is 2.23. The second-order valence-electron chi connectivity index (χ2n) is 5.80. The number of methoxy groups -OCH3 is 1. The van der Waals surface area contributed by atoms with Crippen LogP contribution in [0.5, 0.6) is 5.75 Å². The molecule has 0 fully saturated rings. The number of amides is 1. The van der Waals surface area contributed by atoms with Crippen LogP contribution in [0.1, 0.15) is 27.4 Å². The molecule has 7 nitrogen and oxygen atoms in total. The van der Waals surface area contributed by atoms with Crippen LogP contribution in [0.15, 0.2) is 35.0 Å². The number of aromatic nitrogens is 3. The number of rotatable bonds is 5. The molecule has 7 heteroatoms. The minimum atomic E-state index is -0.236. The van der Waals surface area contributed by atoms with Crippen molar-refractivity contribution in [3.05, 3.63) is 53.0 Å². The summed E-state index contributed by atoms with van der Waals surface area (Å²) in [6.45, 7) is 3.98. The SMILES string of the molecule is COc1cccc(CNC(=O)c2c(-c3cn(C)nc3C)noc2C)c1. The highest BCUT2D eigenvalue weighted by Crippen LogP contribution is 2.27. The van der Waals surface area contributed by atoms with Gasteiger partial charge in [0.1, 0.15) is 22.8 Å². The van der Waals surface area contributed by atoms with Crippen LogP contribution in [0.25, 0.3) is 11.3 Å². The number of carbonyl (C=O) groups excluding carboxylic acids is 1. The lowest BCUT2D eigenvalue weighted by molar-refractivity contribution is 0.0950. The van der Waals surface area contributed by atoms with Crippen molar-refractivity contribution in [3.8, 4) is 17.0 Å². The predicted molar refractivity (Wildman–Crippen MR) is 92.3 cm³/mol. The monoisotopic (exact) mass is 340 g/mol. The Bertz CT molecular complexity index is 911. The van der Waals surface area contributed by atoms with Crippen LogP contribution in [0, 0.1) is 13.8 Å². The maximum absolute atomic E-state index is 12.7. The standard InChI is InChI=1S/C18H20N4O3/c1-11-15(10-22(3)20-11)17-16(12(2)25-21-17)18(23)19-9-13-6-5-7-14(8-13)24-4/h5-8,10H,9H2,1-4H3,(H,19,23). The summed E-state index contributed by atoms with van der Waals surface area (Å²) in [5, 5.41) is 11.3. The summed E-state index contributed by atoms with van der Waals surface area (Å²) >= 11 is 0. The summed E-state index contributed by atoms with van der Waals surface area (Å²) < 4.78 is 12.1. The van der Waals surface area contributed by atoms with Gasteiger partial charge in [-0.1, -0.05) is 17.3 Å². The minimum absolute atomic E-state index is 0.236. The molecule has 0 aliphatic carbocycles. The smallest absolute Gasteiger partial charge is 0.257 e. The van der Waals surface area contributed by atoms with Gasteiger partial charge in [-0.15, -0.1) is 0 Å². The second-order valence-corrected chi connectivity index (χ2v) is 5.80. The van der Waals surface area contributed by atoms with E-state index in [1.807, 2.05) is 44.4 Å². The second kappa shape index (κ2) is 6.80. The van der Waals surface area contributed by atoms with E-state index < -0.39 is 0 Å². The zero-order valence-corrected chi connectivity index (χ0v) is 14.7. The fraction of sp³-hybridized carbons (Fsp3) is 0.278. The van der Waals surface area contributed by atoms with E-state index in [4.69, 9.17) is 9.26 Å². The maximum Gasteiger partial charge on any atom is 0.257 e. The molecule has 0 saturated heterocycles. The van der Waals surface area contributed by atoms with E-state index in [1.54, 1.807) is 18.7 Å². The van der Waals surface area contributed by atoms with Gasteiger partial charge in [0, 0.05) is 25.4 Å². The summed E-state index contributed by atoms with van der Waals surface area (Å²) in [5.74, 6) is 0.987. The van der Waals surface area contributed by atoms with Gasteiger partial charge in [0.05, 0.1) is 12.8 Å². The molecule has 2 heterocycles. The number of aryl methyl sites for hydroxylation is 3. The van der Waals surface area contributed by atoms with Crippen LogP contribution in [0.2, 0.25) is 0 Å². The van der Waals surface area contributed by atoms with Gasteiger partial charge in [-0.05, 0) is 31.5 Å². The Morgan fingerprint density at radius 1 is 1.36 bits per heavy atom. The largest absolute Gasteiger partial charge is 0.497 e. The molecule has 1 aromatic carbocycles. The Hall–Kier alpha value is -3.09. The lowest BCUT2D eigenvalue weighted by Crippen LogP contribution is -2.23. The van der Waals surface area contributed by atoms with Gasteiger partial charge >= 0.3 is 0 Å². The number of carbonyl (C=O) groups is 1. The molecule has 0 aliphatic rings. The fourth-order valence-electron chi connectivity index (χ4n) is 2.71. The van der Waals surface area contributed by atoms with Crippen molar-refractivity contribution < 1.29 is 14.1 Å². The lowest BCUT2D eigenvalue weighted by atomic mass is 10.1. The van der Waals surface area contributed by atoms with Gasteiger partial charge in [0.2, 0.25) is 0 Å². The van der Waals surface area contributed by atoms with Gasteiger partial charge in [-0.25, -0.2) is 0 Å². The van der Waals surface area contributed by atoms with Crippen molar-refractivity contribution in [2.75, 3.05) is 7.11 Å². The number of nitrogens with zero attached hydrogens (tertiary/aromatic N) is 3. The molecule has 1 amide bonds. The van der Waals surface area contributed by atoms with Gasteiger partial charge in [0.15, 0.2) is 0 Å². The third kappa shape index (κ3) is 3.40. The number of hydrogen-bond acceptors (Lipinski definition) is 5. The van der Waals surface area contributed by atoms with E-state index in [0.29, 0.717) is 23.6 Å². The van der Waals surface area contributed by atoms with E-state index in [9.17, 15) is 4.79 Å². The third-order valence-electron chi connectivity index (χ3n) is 3.95. The predicted octanol–water partition coefficient (Wildman–Crippen LogP) is 2.63. The fourth-order valence-corrected chi connectivity index (χ4v) is 2.71. The number of nitrogens with one attached hydrogen (secondary N) is 1. The van der Waals surface area contributed by atoms with Gasteiger partial charge in [0.25, 0.3) is 5.91 Å². The first-order chi connectivity index (χ1) is 12.0. The molecule has 0 spiro atoms. The normalized spacial score (nSPS) is 10.7. The Morgan fingerprint density at radius 2 is 2.16 bits per heavy atom. The zero-order valence-electron chi connectivity index (χ0n) is 14.7. The Kier molecular flexibility index (Phi) is 4.56. The molecule has 130 valence electrons. The molecule has 1 N–H and O–H groups in total. The van der Waals surface area contributed by atoms with E-state index in [0.717, 1.165) is 22.6 Å². The maximum atomic E-state index is 12.7. The Balaban J connectivity index is 1.83. The molecular weight excluding hydrogens is 320 g/mol. The van der Waals surface area contributed by atoms with Crippen LogP contribution in [-0.4, -0.2) is 28.0 Å². The molecule has 0 unspecified atom stereocenters. The molecule has 0 atom stereocenters. The number of benzene rings is 1. The van der Waals surface area contributed by atoms with Crippen LogP contribution >= 0.6 is 0 Å². The molecule has 0 aliphatic heterocycles. The molecule has 0 radical (unpaired) electrons. The molecule has 25 heavy (non-hydrogen) atoms. The lowest BCUT2D eigenvalue weighted by Gasteiger charge is -2.07. The first-order valence-corrected chi connectivity index (χ1v) is 7.87. The highest BCUT2D eigenvalue weighted by atomic mass is 16.5. The van der Waals surface area contributed by atoms with Crippen LogP contribution in [0.4, 0.5) is 0 Å². The average molecular weight is 340 g/mol. The summed E-state index contributed by atoms with van der Waals surface area (Å²) in [6, 6.07) is 7.55. The molecule has 2 aromatic heterocycles. The van der Waals surface area contributed by atoms with Crippen LogP contribution in [0.3, 0.4) is 0 Å². The average Bonchev–Trinajstić information content (AvgIpc) is 3.14. The van der Waals surface area contributed by atoms with E-state index in [-0.39, 0.29) is 5.91 Å². The van der Waals surface area contributed by atoms with E-state index >= 15 is 0 Å². The summed E-state index contributed by atoms with van der Waals surface area (Å²) in [6.07, 6.45) is 1.82. The van der Waals surface area contributed by atoms with Crippen LogP contribution < -0.4 is 10.1 Å². The number of hydrogen-bond donors (Lipinski definition) is 1. The van der Waals surface area contributed by atoms with Crippen molar-refractivity contribution in [1.29, 1.82) is 0 Å². The molecule has 3 aromatic rings. The first kappa shape index (κ1) is 16.8. The van der Waals surface area contributed by atoms with Gasteiger partial charge in [-0.2, -0.15) is 5.10 Å². The van der Waals surface area contributed by atoms with Gasteiger partial charge < -0.3 is 14.6 Å². The molecule has 0 bridgehead atoms. The zero-order chi connectivity index (χ0) is 18.0. The Morgan fingerprint density at radius 3 is 2.84 bits per heavy atom. The van der Waals surface area contributed by atoms with Crippen molar-refractivity contribution in [3.63, 3.8) is 0 Å². The van der Waals surface area contributed by atoms with Gasteiger partial charge in [-0.3, -0.25) is 9.48 Å². The summed E-state index contributed by atoms with van der Waals surface area (Å²) in [5.41, 5.74) is 3.45.